The first kappa shape index (κ1) is 16.6. The van der Waals surface area contributed by atoms with E-state index >= 15 is 0 Å². The van der Waals surface area contributed by atoms with Crippen LogP contribution in [0.3, 0.4) is 0 Å². The number of carbonyl (C=O) groups is 1. The number of fused-ring (bicyclic) bond motifs is 1. The molecule has 1 aromatic heterocycles. The number of aryl methyl sites for hydroxylation is 1. The first-order valence-corrected chi connectivity index (χ1v) is 8.69. The highest BCUT2D eigenvalue weighted by Gasteiger charge is 2.24. The molecule has 0 unspecified atom stereocenters. The number of unbranched alkanes of at least 4 members (excludes halogenated alkanes) is 1. The van der Waals surface area contributed by atoms with Crippen molar-refractivity contribution in [3.05, 3.63) is 41.1 Å². The number of nitrogens with zero attached hydrogens (tertiary/aromatic N) is 1. The van der Waals surface area contributed by atoms with Gasteiger partial charge in [0.1, 0.15) is 5.75 Å². The zero-order valence-corrected chi connectivity index (χ0v) is 14.3. The third-order valence-corrected chi connectivity index (χ3v) is 4.39. The molecule has 0 radical (unpaired) electrons. The van der Waals surface area contributed by atoms with Crippen LogP contribution in [-0.4, -0.2) is 17.7 Å². The summed E-state index contributed by atoms with van der Waals surface area (Å²) in [4.78, 5) is 12.5. The maximum atomic E-state index is 12.5. The topological polar surface area (TPSA) is 64.4 Å². The van der Waals surface area contributed by atoms with Gasteiger partial charge >= 0.3 is 0 Å². The highest BCUT2D eigenvalue weighted by molar-refractivity contribution is 6.04. The number of hydrogen-bond donors (Lipinski definition) is 1. The molecule has 1 aromatic carbocycles. The molecule has 24 heavy (non-hydrogen) atoms. The van der Waals surface area contributed by atoms with Crippen molar-refractivity contribution in [2.45, 2.75) is 46.0 Å². The Hall–Kier alpha value is -2.30. The van der Waals surface area contributed by atoms with Crippen LogP contribution in [0, 0.1) is 5.92 Å². The predicted molar refractivity (Wildman–Crippen MR) is 92.5 cm³/mol. The Balaban J connectivity index is 1.69. The fourth-order valence-electron chi connectivity index (χ4n) is 2.92. The first-order valence-electron chi connectivity index (χ1n) is 8.69. The zero-order valence-electron chi connectivity index (χ0n) is 14.3. The van der Waals surface area contributed by atoms with E-state index in [1.54, 1.807) is 12.1 Å². The lowest BCUT2D eigenvalue weighted by Gasteiger charge is -2.16. The molecule has 0 spiro atoms. The van der Waals surface area contributed by atoms with Crippen LogP contribution in [0.4, 0.5) is 5.88 Å². The monoisotopic (exact) mass is 328 g/mol. The van der Waals surface area contributed by atoms with Crippen molar-refractivity contribution in [3.8, 4) is 5.75 Å². The standard InChI is InChI=1S/C19H24N2O3/c1-3-4-10-23-15-7-5-6-14(12-15)18(22)20-19-16-11-13(2)8-9-17(16)21-24-19/h5-7,12-13H,3-4,8-11H2,1-2H3,(H,20,22)/t13-/m0/s1. The summed E-state index contributed by atoms with van der Waals surface area (Å²) in [6.07, 6.45) is 5.00. The lowest BCUT2D eigenvalue weighted by atomic mass is 9.89. The third-order valence-electron chi connectivity index (χ3n) is 4.39. The van der Waals surface area contributed by atoms with Gasteiger partial charge in [-0.1, -0.05) is 31.5 Å². The van der Waals surface area contributed by atoms with Crippen molar-refractivity contribution in [1.29, 1.82) is 0 Å². The molecule has 1 amide bonds. The van der Waals surface area contributed by atoms with Gasteiger partial charge in [0.2, 0.25) is 5.88 Å². The predicted octanol–water partition coefficient (Wildman–Crippen LogP) is 4.23. The van der Waals surface area contributed by atoms with Crippen LogP contribution in [0.25, 0.3) is 0 Å². The first-order chi connectivity index (χ1) is 11.7. The van der Waals surface area contributed by atoms with Crippen LogP contribution in [0.15, 0.2) is 28.8 Å². The third kappa shape index (κ3) is 3.78. The van der Waals surface area contributed by atoms with Crippen molar-refractivity contribution in [2.24, 2.45) is 5.92 Å². The Kier molecular flexibility index (Phi) is 5.18. The maximum Gasteiger partial charge on any atom is 0.258 e. The van der Waals surface area contributed by atoms with E-state index in [9.17, 15) is 4.79 Å². The van der Waals surface area contributed by atoms with E-state index in [4.69, 9.17) is 9.26 Å². The van der Waals surface area contributed by atoms with Crippen molar-refractivity contribution < 1.29 is 14.1 Å². The van der Waals surface area contributed by atoms with Crippen LogP contribution in [0.1, 0.15) is 54.7 Å². The van der Waals surface area contributed by atoms with E-state index in [2.05, 4.69) is 24.3 Å². The Morgan fingerprint density at radius 3 is 3.17 bits per heavy atom. The van der Waals surface area contributed by atoms with Crippen LogP contribution < -0.4 is 10.1 Å². The Morgan fingerprint density at radius 2 is 2.33 bits per heavy atom. The zero-order chi connectivity index (χ0) is 16.9. The summed E-state index contributed by atoms with van der Waals surface area (Å²) in [5, 5.41) is 6.95. The molecule has 1 aliphatic rings. The van der Waals surface area contributed by atoms with Gasteiger partial charge < -0.3 is 9.26 Å². The van der Waals surface area contributed by atoms with Crippen LogP contribution >= 0.6 is 0 Å². The van der Waals surface area contributed by atoms with Crippen molar-refractivity contribution >= 4 is 11.8 Å². The van der Waals surface area contributed by atoms with E-state index in [1.807, 2.05) is 12.1 Å². The normalized spacial score (nSPS) is 16.5. The lowest BCUT2D eigenvalue weighted by molar-refractivity contribution is 0.102. The summed E-state index contributed by atoms with van der Waals surface area (Å²) in [6.45, 7) is 4.99. The van der Waals surface area contributed by atoms with E-state index in [0.29, 0.717) is 29.7 Å². The summed E-state index contributed by atoms with van der Waals surface area (Å²) >= 11 is 0. The molecule has 0 saturated carbocycles. The average Bonchev–Trinajstić information content (AvgIpc) is 2.97. The smallest absolute Gasteiger partial charge is 0.258 e. The molecule has 5 heteroatoms. The maximum absolute atomic E-state index is 12.5. The van der Waals surface area contributed by atoms with E-state index in [1.165, 1.54) is 0 Å². The van der Waals surface area contributed by atoms with Gasteiger partial charge in [0.25, 0.3) is 5.91 Å². The number of hydrogen-bond acceptors (Lipinski definition) is 4. The second-order valence-electron chi connectivity index (χ2n) is 6.47. The molecule has 1 atom stereocenters. The van der Waals surface area contributed by atoms with E-state index in [-0.39, 0.29) is 5.91 Å². The molecule has 2 aromatic rings. The van der Waals surface area contributed by atoms with Crippen molar-refractivity contribution in [2.75, 3.05) is 11.9 Å². The minimum Gasteiger partial charge on any atom is -0.494 e. The number of benzene rings is 1. The second kappa shape index (κ2) is 7.51. The van der Waals surface area contributed by atoms with Crippen LogP contribution in [0.2, 0.25) is 0 Å². The van der Waals surface area contributed by atoms with Gasteiger partial charge in [0, 0.05) is 11.1 Å². The van der Waals surface area contributed by atoms with Gasteiger partial charge in [-0.2, -0.15) is 0 Å². The Morgan fingerprint density at radius 1 is 1.46 bits per heavy atom. The van der Waals surface area contributed by atoms with Gasteiger partial charge in [-0.3, -0.25) is 10.1 Å². The van der Waals surface area contributed by atoms with Crippen molar-refractivity contribution in [3.63, 3.8) is 0 Å². The van der Waals surface area contributed by atoms with Gasteiger partial charge in [-0.25, -0.2) is 0 Å². The summed E-state index contributed by atoms with van der Waals surface area (Å²) in [5.74, 6) is 1.58. The number of amides is 1. The SMILES string of the molecule is CCCCOc1cccc(C(=O)Nc2onc3c2C[C@@H](C)CC3)c1. The average molecular weight is 328 g/mol. The number of rotatable bonds is 6. The van der Waals surface area contributed by atoms with Gasteiger partial charge in [0.05, 0.1) is 12.3 Å². The Labute approximate surface area is 142 Å². The minimum atomic E-state index is -0.201. The van der Waals surface area contributed by atoms with Gasteiger partial charge in [-0.15, -0.1) is 0 Å². The van der Waals surface area contributed by atoms with Crippen LogP contribution in [0.5, 0.6) is 5.75 Å². The molecule has 0 saturated heterocycles. The quantitative estimate of drug-likeness (QED) is 0.806. The lowest BCUT2D eigenvalue weighted by Crippen LogP contribution is -2.15. The Bertz CT molecular complexity index is 708. The second-order valence-corrected chi connectivity index (χ2v) is 6.47. The summed E-state index contributed by atoms with van der Waals surface area (Å²) in [6, 6.07) is 7.22. The number of ether oxygens (including phenoxy) is 1. The number of nitrogens with one attached hydrogen (secondary N) is 1. The highest BCUT2D eigenvalue weighted by Crippen LogP contribution is 2.30. The van der Waals surface area contributed by atoms with Gasteiger partial charge in [0.15, 0.2) is 0 Å². The van der Waals surface area contributed by atoms with E-state index < -0.39 is 0 Å². The van der Waals surface area contributed by atoms with Crippen molar-refractivity contribution in [1.82, 2.24) is 5.16 Å². The molecule has 0 bridgehead atoms. The molecule has 3 rings (SSSR count). The molecular formula is C19H24N2O3. The molecule has 0 fully saturated rings. The molecule has 128 valence electrons. The molecular weight excluding hydrogens is 304 g/mol. The largest absolute Gasteiger partial charge is 0.494 e. The van der Waals surface area contributed by atoms with Gasteiger partial charge in [-0.05, 0) is 49.8 Å². The summed E-state index contributed by atoms with van der Waals surface area (Å²) < 4.78 is 11.0. The molecule has 5 nitrogen and oxygen atoms in total. The van der Waals surface area contributed by atoms with E-state index in [0.717, 1.165) is 43.4 Å². The fraction of sp³-hybridized carbons (Fsp3) is 0.474. The number of carbonyl (C=O) groups excluding carboxylic acids is 1. The molecule has 1 heterocycles. The van der Waals surface area contributed by atoms with Crippen LogP contribution in [-0.2, 0) is 12.8 Å². The minimum absolute atomic E-state index is 0.201. The molecule has 0 aliphatic heterocycles. The number of aromatic nitrogens is 1. The fourth-order valence-corrected chi connectivity index (χ4v) is 2.92. The molecule has 1 aliphatic carbocycles. The summed E-state index contributed by atoms with van der Waals surface area (Å²) in [7, 11) is 0. The highest BCUT2D eigenvalue weighted by atomic mass is 16.5. The number of anilines is 1. The summed E-state index contributed by atoms with van der Waals surface area (Å²) in [5.41, 5.74) is 2.57. The molecule has 1 N–H and O–H groups in total.